The molecule has 96 valence electrons. The van der Waals surface area contributed by atoms with Gasteiger partial charge < -0.3 is 5.32 Å². The number of aromatic nitrogens is 1. The van der Waals surface area contributed by atoms with Crippen molar-refractivity contribution in [3.05, 3.63) is 36.5 Å². The Balaban J connectivity index is 2.07. The van der Waals surface area contributed by atoms with Crippen LogP contribution in [0.3, 0.4) is 0 Å². The van der Waals surface area contributed by atoms with E-state index in [0.29, 0.717) is 0 Å². The number of hydrogen-bond acceptors (Lipinski definition) is 3. The van der Waals surface area contributed by atoms with Gasteiger partial charge in [0.2, 0.25) is 11.8 Å². The second-order valence-corrected chi connectivity index (χ2v) is 4.54. The van der Waals surface area contributed by atoms with E-state index in [4.69, 9.17) is 0 Å². The molecule has 5 nitrogen and oxygen atoms in total. The van der Waals surface area contributed by atoms with Gasteiger partial charge in [0.15, 0.2) is 0 Å². The Hall–Kier alpha value is -2.43. The maximum atomic E-state index is 12.0. The molecule has 1 aliphatic heterocycles. The van der Waals surface area contributed by atoms with Crippen LogP contribution < -0.4 is 10.2 Å². The number of carbonyl (C=O) groups excluding carboxylic acids is 2. The highest BCUT2D eigenvalue weighted by Gasteiger charge is 2.31. The monoisotopic (exact) mass is 255 g/mol. The highest BCUT2D eigenvalue weighted by atomic mass is 16.2. The number of anilines is 1. The molecule has 19 heavy (non-hydrogen) atoms. The first kappa shape index (κ1) is 11.6. The summed E-state index contributed by atoms with van der Waals surface area (Å²) in [4.78, 5) is 29.4. The van der Waals surface area contributed by atoms with Crippen LogP contribution in [0.1, 0.15) is 6.92 Å². The first-order valence-electron chi connectivity index (χ1n) is 6.11. The zero-order valence-electron chi connectivity index (χ0n) is 10.5. The topological polar surface area (TPSA) is 62.3 Å². The molecule has 1 atom stereocenters. The van der Waals surface area contributed by atoms with Crippen LogP contribution in [-0.2, 0) is 9.59 Å². The SMILES string of the molecule is CC1C(=O)NCC(=O)N1c1ccc2ncccc2c1. The molecule has 5 heteroatoms. The van der Waals surface area contributed by atoms with E-state index in [0.717, 1.165) is 16.6 Å². The van der Waals surface area contributed by atoms with E-state index in [9.17, 15) is 9.59 Å². The third-order valence-corrected chi connectivity index (χ3v) is 3.31. The lowest BCUT2D eigenvalue weighted by atomic mass is 10.1. The van der Waals surface area contributed by atoms with Gasteiger partial charge in [0.25, 0.3) is 0 Å². The summed E-state index contributed by atoms with van der Waals surface area (Å²) < 4.78 is 0. The van der Waals surface area contributed by atoms with Crippen LogP contribution in [-0.4, -0.2) is 29.4 Å². The summed E-state index contributed by atoms with van der Waals surface area (Å²) in [5, 5.41) is 3.53. The number of nitrogens with zero attached hydrogens (tertiary/aromatic N) is 2. The van der Waals surface area contributed by atoms with Gasteiger partial charge in [-0.3, -0.25) is 19.5 Å². The molecule has 1 aromatic carbocycles. The molecule has 0 aliphatic carbocycles. The Bertz CT molecular complexity index is 669. The van der Waals surface area contributed by atoms with E-state index in [1.54, 1.807) is 13.1 Å². The van der Waals surface area contributed by atoms with Gasteiger partial charge in [-0.1, -0.05) is 6.07 Å². The van der Waals surface area contributed by atoms with Crippen LogP contribution >= 0.6 is 0 Å². The van der Waals surface area contributed by atoms with E-state index >= 15 is 0 Å². The largest absolute Gasteiger partial charge is 0.345 e. The zero-order valence-corrected chi connectivity index (χ0v) is 10.5. The average Bonchev–Trinajstić information content (AvgIpc) is 2.43. The van der Waals surface area contributed by atoms with Crippen molar-refractivity contribution in [1.29, 1.82) is 0 Å². The van der Waals surface area contributed by atoms with Gasteiger partial charge in [-0.15, -0.1) is 0 Å². The first-order chi connectivity index (χ1) is 9.16. The van der Waals surface area contributed by atoms with Gasteiger partial charge in [0.1, 0.15) is 6.04 Å². The van der Waals surface area contributed by atoms with Crippen molar-refractivity contribution in [2.24, 2.45) is 0 Å². The van der Waals surface area contributed by atoms with Crippen molar-refractivity contribution < 1.29 is 9.59 Å². The number of pyridine rings is 1. The summed E-state index contributed by atoms with van der Waals surface area (Å²) in [5.41, 5.74) is 1.60. The van der Waals surface area contributed by atoms with Crippen molar-refractivity contribution in [1.82, 2.24) is 10.3 Å². The minimum Gasteiger partial charge on any atom is -0.345 e. The molecular weight excluding hydrogens is 242 g/mol. The van der Waals surface area contributed by atoms with Crippen LogP contribution in [0.15, 0.2) is 36.5 Å². The van der Waals surface area contributed by atoms with Gasteiger partial charge in [0.05, 0.1) is 12.1 Å². The highest BCUT2D eigenvalue weighted by Crippen LogP contribution is 2.23. The summed E-state index contributed by atoms with van der Waals surface area (Å²) in [6, 6.07) is 8.86. The Labute approximate surface area is 110 Å². The average molecular weight is 255 g/mol. The molecule has 1 N–H and O–H groups in total. The number of piperazine rings is 1. The number of amides is 2. The summed E-state index contributed by atoms with van der Waals surface area (Å²) in [6.07, 6.45) is 1.73. The molecule has 1 unspecified atom stereocenters. The van der Waals surface area contributed by atoms with E-state index in [-0.39, 0.29) is 18.4 Å². The van der Waals surface area contributed by atoms with Crippen LogP contribution in [0.25, 0.3) is 10.9 Å². The fourth-order valence-corrected chi connectivity index (χ4v) is 2.31. The molecule has 0 bridgehead atoms. The molecule has 1 aliphatic rings. The predicted molar refractivity (Wildman–Crippen MR) is 71.7 cm³/mol. The van der Waals surface area contributed by atoms with Gasteiger partial charge in [0, 0.05) is 17.3 Å². The lowest BCUT2D eigenvalue weighted by Gasteiger charge is -2.32. The lowest BCUT2D eigenvalue weighted by molar-refractivity contribution is -0.130. The standard InChI is InChI=1S/C14H13N3O2/c1-9-14(19)16-8-13(18)17(9)11-4-5-12-10(7-11)3-2-6-15-12/h2-7,9H,8H2,1H3,(H,16,19). The second kappa shape index (κ2) is 4.35. The van der Waals surface area contributed by atoms with Crippen LogP contribution in [0.5, 0.6) is 0 Å². The maximum absolute atomic E-state index is 12.0. The van der Waals surface area contributed by atoms with Gasteiger partial charge >= 0.3 is 0 Å². The molecule has 0 saturated carbocycles. The van der Waals surface area contributed by atoms with Crippen molar-refractivity contribution in [2.75, 3.05) is 11.4 Å². The minimum atomic E-state index is -0.490. The van der Waals surface area contributed by atoms with E-state index in [2.05, 4.69) is 10.3 Å². The lowest BCUT2D eigenvalue weighted by Crippen LogP contribution is -2.57. The van der Waals surface area contributed by atoms with E-state index < -0.39 is 6.04 Å². The summed E-state index contributed by atoms with van der Waals surface area (Å²) in [7, 11) is 0. The first-order valence-corrected chi connectivity index (χ1v) is 6.11. The summed E-state index contributed by atoms with van der Waals surface area (Å²) in [5.74, 6) is -0.235. The zero-order chi connectivity index (χ0) is 13.4. The van der Waals surface area contributed by atoms with Crippen molar-refractivity contribution in [3.8, 4) is 0 Å². The molecule has 0 spiro atoms. The smallest absolute Gasteiger partial charge is 0.247 e. The van der Waals surface area contributed by atoms with Crippen LogP contribution in [0, 0.1) is 0 Å². The number of hydrogen-bond donors (Lipinski definition) is 1. The normalized spacial score (nSPS) is 19.6. The molecule has 2 amide bonds. The number of carbonyl (C=O) groups is 2. The Morgan fingerprint density at radius 1 is 1.32 bits per heavy atom. The molecule has 1 saturated heterocycles. The van der Waals surface area contributed by atoms with Gasteiger partial charge in [-0.25, -0.2) is 0 Å². The third-order valence-electron chi connectivity index (χ3n) is 3.31. The third kappa shape index (κ3) is 1.93. The summed E-state index contributed by atoms with van der Waals surface area (Å²) in [6.45, 7) is 1.77. The van der Waals surface area contributed by atoms with Gasteiger partial charge in [-0.2, -0.15) is 0 Å². The fraction of sp³-hybridized carbons (Fsp3) is 0.214. The molecule has 1 aromatic heterocycles. The second-order valence-electron chi connectivity index (χ2n) is 4.54. The molecule has 2 heterocycles. The van der Waals surface area contributed by atoms with Crippen molar-refractivity contribution in [2.45, 2.75) is 13.0 Å². The van der Waals surface area contributed by atoms with Crippen LogP contribution in [0.4, 0.5) is 5.69 Å². The van der Waals surface area contributed by atoms with Crippen molar-refractivity contribution >= 4 is 28.4 Å². The van der Waals surface area contributed by atoms with Crippen LogP contribution in [0.2, 0.25) is 0 Å². The predicted octanol–water partition coefficient (Wildman–Crippen LogP) is 1.09. The molecule has 2 aromatic rings. The molecule has 1 fully saturated rings. The van der Waals surface area contributed by atoms with E-state index in [1.165, 1.54) is 4.90 Å². The quantitative estimate of drug-likeness (QED) is 0.829. The molecule has 3 rings (SSSR count). The Morgan fingerprint density at radius 3 is 3.00 bits per heavy atom. The maximum Gasteiger partial charge on any atom is 0.247 e. The molecular formula is C14H13N3O2. The minimum absolute atomic E-state index is 0.0499. The van der Waals surface area contributed by atoms with E-state index in [1.807, 2.05) is 30.3 Å². The number of rotatable bonds is 1. The number of fused-ring (bicyclic) bond motifs is 1. The highest BCUT2D eigenvalue weighted by molar-refractivity contribution is 6.07. The summed E-state index contributed by atoms with van der Waals surface area (Å²) >= 11 is 0. The Morgan fingerprint density at radius 2 is 2.16 bits per heavy atom. The number of nitrogens with one attached hydrogen (secondary N) is 1. The van der Waals surface area contributed by atoms with Gasteiger partial charge in [-0.05, 0) is 31.2 Å². The van der Waals surface area contributed by atoms with Crippen molar-refractivity contribution in [3.63, 3.8) is 0 Å². The Kier molecular flexibility index (Phi) is 2.67. The number of benzene rings is 1. The molecule has 0 radical (unpaired) electrons. The fourth-order valence-electron chi connectivity index (χ4n) is 2.31.